The van der Waals surface area contributed by atoms with Crippen molar-refractivity contribution in [2.24, 2.45) is 4.99 Å². The van der Waals surface area contributed by atoms with Gasteiger partial charge in [-0.05, 0) is 25.3 Å². The van der Waals surface area contributed by atoms with E-state index in [1.165, 1.54) is 7.11 Å². The number of aliphatic imine (C=N–C) groups is 1. The molecule has 1 aromatic heterocycles. The van der Waals surface area contributed by atoms with E-state index in [2.05, 4.69) is 25.5 Å². The van der Waals surface area contributed by atoms with E-state index < -0.39 is 0 Å². The molecule has 0 aliphatic carbocycles. The maximum absolute atomic E-state index is 11.0. The van der Waals surface area contributed by atoms with Gasteiger partial charge in [0.25, 0.3) is 0 Å². The van der Waals surface area contributed by atoms with Crippen molar-refractivity contribution in [3.8, 4) is 0 Å². The van der Waals surface area contributed by atoms with Gasteiger partial charge in [0.2, 0.25) is 0 Å². The third kappa shape index (κ3) is 8.28. The van der Waals surface area contributed by atoms with Crippen LogP contribution in [0.3, 0.4) is 0 Å². The molecule has 0 amide bonds. The summed E-state index contributed by atoms with van der Waals surface area (Å²) in [6.07, 6.45) is 8.10. The predicted octanol–water partition coefficient (Wildman–Crippen LogP) is 1.17. The highest BCUT2D eigenvalue weighted by Gasteiger charge is 2.00. The smallest absolute Gasteiger partial charge is 0.305 e. The van der Waals surface area contributed by atoms with E-state index in [1.54, 1.807) is 13.2 Å². The third-order valence-electron chi connectivity index (χ3n) is 3.22. The molecule has 0 spiro atoms. The van der Waals surface area contributed by atoms with E-state index >= 15 is 0 Å². The van der Waals surface area contributed by atoms with Crippen LogP contribution in [0.15, 0.2) is 23.5 Å². The molecule has 0 aliphatic heterocycles. The average Bonchev–Trinajstić information content (AvgIpc) is 3.05. The lowest BCUT2D eigenvalue weighted by atomic mass is 10.2. The molecule has 0 aliphatic rings. The number of nitrogens with zero attached hydrogens (tertiary/aromatic N) is 3. The largest absolute Gasteiger partial charge is 0.469 e. The molecule has 0 bridgehead atoms. The molecule has 0 unspecified atom stereocenters. The molecular formula is C15H27N5O2. The highest BCUT2D eigenvalue weighted by Crippen LogP contribution is 1.99. The van der Waals surface area contributed by atoms with Crippen molar-refractivity contribution in [2.75, 3.05) is 27.2 Å². The van der Waals surface area contributed by atoms with Gasteiger partial charge >= 0.3 is 5.97 Å². The number of carbonyl (C=O) groups is 1. The number of esters is 1. The topological polar surface area (TPSA) is 80.5 Å². The van der Waals surface area contributed by atoms with Gasteiger partial charge in [0.1, 0.15) is 0 Å². The van der Waals surface area contributed by atoms with Crippen LogP contribution in [0.2, 0.25) is 0 Å². The predicted molar refractivity (Wildman–Crippen MR) is 86.7 cm³/mol. The lowest BCUT2D eigenvalue weighted by Gasteiger charge is -2.11. The van der Waals surface area contributed by atoms with Crippen LogP contribution >= 0.6 is 0 Å². The molecule has 1 heterocycles. The Labute approximate surface area is 132 Å². The molecule has 22 heavy (non-hydrogen) atoms. The van der Waals surface area contributed by atoms with Crippen molar-refractivity contribution in [3.05, 3.63) is 18.5 Å². The zero-order chi connectivity index (χ0) is 16.0. The minimum atomic E-state index is -0.136. The van der Waals surface area contributed by atoms with E-state index in [-0.39, 0.29) is 5.97 Å². The number of methoxy groups -OCH3 is 1. The van der Waals surface area contributed by atoms with E-state index in [0.29, 0.717) is 6.42 Å². The zero-order valence-electron chi connectivity index (χ0n) is 13.5. The Morgan fingerprint density at radius 3 is 2.64 bits per heavy atom. The summed E-state index contributed by atoms with van der Waals surface area (Å²) < 4.78 is 6.52. The van der Waals surface area contributed by atoms with E-state index in [4.69, 9.17) is 0 Å². The lowest BCUT2D eigenvalue weighted by Crippen LogP contribution is -2.38. The number of aryl methyl sites for hydroxylation is 1. The van der Waals surface area contributed by atoms with Gasteiger partial charge in [0.15, 0.2) is 5.96 Å². The molecule has 0 saturated carbocycles. The first-order valence-corrected chi connectivity index (χ1v) is 7.75. The Balaban J connectivity index is 1.99. The Hall–Kier alpha value is -2.05. The molecular weight excluding hydrogens is 282 g/mol. The SMILES string of the molecule is CN=C(NCCCCCC(=O)OC)NCCCn1cccn1. The number of nitrogens with one attached hydrogen (secondary N) is 2. The van der Waals surface area contributed by atoms with Crippen molar-refractivity contribution in [3.63, 3.8) is 0 Å². The first kappa shape index (κ1) is 18.0. The summed E-state index contributed by atoms with van der Waals surface area (Å²) >= 11 is 0. The second-order valence-electron chi connectivity index (χ2n) is 4.94. The van der Waals surface area contributed by atoms with E-state index in [9.17, 15) is 4.79 Å². The highest BCUT2D eigenvalue weighted by molar-refractivity contribution is 5.79. The summed E-state index contributed by atoms with van der Waals surface area (Å²) in [6.45, 7) is 2.59. The number of hydrogen-bond donors (Lipinski definition) is 2. The van der Waals surface area contributed by atoms with Crippen LogP contribution in [-0.4, -0.2) is 49.0 Å². The molecule has 2 N–H and O–H groups in total. The number of aromatic nitrogens is 2. The standard InChI is InChI=1S/C15H27N5O2/c1-16-15(17-9-5-3-4-8-14(21)22-2)18-10-6-12-20-13-7-11-19-20/h7,11,13H,3-6,8-10,12H2,1-2H3,(H2,16,17,18). The van der Waals surface area contributed by atoms with Gasteiger partial charge in [-0.3, -0.25) is 14.5 Å². The number of unbranched alkanes of at least 4 members (excludes halogenated alkanes) is 2. The van der Waals surface area contributed by atoms with Crippen molar-refractivity contribution in [2.45, 2.75) is 38.6 Å². The summed E-state index contributed by atoms with van der Waals surface area (Å²) in [5.74, 6) is 0.677. The molecule has 0 atom stereocenters. The average molecular weight is 309 g/mol. The fraction of sp³-hybridized carbons (Fsp3) is 0.667. The number of guanidine groups is 1. The Morgan fingerprint density at radius 1 is 1.23 bits per heavy atom. The Morgan fingerprint density at radius 2 is 2.00 bits per heavy atom. The summed E-state index contributed by atoms with van der Waals surface area (Å²) in [6, 6.07) is 1.92. The van der Waals surface area contributed by atoms with Gasteiger partial charge in [0.05, 0.1) is 7.11 Å². The van der Waals surface area contributed by atoms with Gasteiger partial charge in [-0.15, -0.1) is 0 Å². The van der Waals surface area contributed by atoms with E-state index in [0.717, 1.165) is 51.3 Å². The molecule has 0 aromatic carbocycles. The summed E-state index contributed by atoms with van der Waals surface area (Å²) in [5, 5.41) is 10.7. The molecule has 1 aromatic rings. The van der Waals surface area contributed by atoms with Crippen LogP contribution in [-0.2, 0) is 16.1 Å². The number of ether oxygens (including phenoxy) is 1. The minimum Gasteiger partial charge on any atom is -0.469 e. The molecule has 0 saturated heterocycles. The summed E-state index contributed by atoms with van der Waals surface area (Å²) in [5.41, 5.74) is 0. The maximum atomic E-state index is 11.0. The molecule has 0 radical (unpaired) electrons. The van der Waals surface area contributed by atoms with E-state index in [1.807, 2.05) is 16.9 Å². The second-order valence-corrected chi connectivity index (χ2v) is 4.94. The molecule has 0 fully saturated rings. The maximum Gasteiger partial charge on any atom is 0.305 e. The summed E-state index contributed by atoms with van der Waals surface area (Å²) in [4.78, 5) is 15.1. The Bertz CT molecular complexity index is 431. The normalized spacial score (nSPS) is 11.3. The number of carbonyl (C=O) groups excluding carboxylic acids is 1. The van der Waals surface area contributed by atoms with Gasteiger partial charge in [0, 0.05) is 45.5 Å². The minimum absolute atomic E-state index is 0.136. The van der Waals surface area contributed by atoms with Crippen LogP contribution in [0.5, 0.6) is 0 Å². The van der Waals surface area contributed by atoms with Crippen molar-refractivity contribution >= 4 is 11.9 Å². The first-order chi connectivity index (χ1) is 10.8. The van der Waals surface area contributed by atoms with Crippen LogP contribution in [0.4, 0.5) is 0 Å². The summed E-state index contributed by atoms with van der Waals surface area (Å²) in [7, 11) is 3.19. The highest BCUT2D eigenvalue weighted by atomic mass is 16.5. The second kappa shape index (κ2) is 11.6. The van der Waals surface area contributed by atoms with Gasteiger partial charge in [-0.25, -0.2) is 0 Å². The molecule has 1 rings (SSSR count). The molecule has 7 nitrogen and oxygen atoms in total. The van der Waals surface area contributed by atoms with Crippen molar-refractivity contribution in [1.82, 2.24) is 20.4 Å². The van der Waals surface area contributed by atoms with Crippen LogP contribution in [0.1, 0.15) is 32.1 Å². The van der Waals surface area contributed by atoms with Gasteiger partial charge < -0.3 is 15.4 Å². The van der Waals surface area contributed by atoms with Gasteiger partial charge in [-0.1, -0.05) is 6.42 Å². The molecule has 124 valence electrons. The fourth-order valence-corrected chi connectivity index (χ4v) is 1.98. The van der Waals surface area contributed by atoms with Crippen LogP contribution < -0.4 is 10.6 Å². The third-order valence-corrected chi connectivity index (χ3v) is 3.22. The Kier molecular flexibility index (Phi) is 9.48. The van der Waals surface area contributed by atoms with Crippen molar-refractivity contribution in [1.29, 1.82) is 0 Å². The molecule has 7 heteroatoms. The van der Waals surface area contributed by atoms with Gasteiger partial charge in [-0.2, -0.15) is 5.10 Å². The monoisotopic (exact) mass is 309 g/mol. The van der Waals surface area contributed by atoms with Crippen LogP contribution in [0.25, 0.3) is 0 Å². The zero-order valence-corrected chi connectivity index (χ0v) is 13.5. The van der Waals surface area contributed by atoms with Crippen LogP contribution in [0, 0.1) is 0 Å². The van der Waals surface area contributed by atoms with Crippen molar-refractivity contribution < 1.29 is 9.53 Å². The first-order valence-electron chi connectivity index (χ1n) is 7.75. The fourth-order valence-electron chi connectivity index (χ4n) is 1.98. The quantitative estimate of drug-likeness (QED) is 0.293. The number of hydrogen-bond acceptors (Lipinski definition) is 4. The lowest BCUT2D eigenvalue weighted by molar-refractivity contribution is -0.140. The number of rotatable bonds is 10.